The number of nitrogens with one attached hydrogen (secondary N) is 2. The number of rotatable bonds is 8. The average molecular weight is 504 g/mol. The van der Waals surface area contributed by atoms with Crippen LogP contribution in [0.4, 0.5) is 17.3 Å². The molecule has 0 spiro atoms. The summed E-state index contributed by atoms with van der Waals surface area (Å²) < 4.78 is 11.2. The van der Waals surface area contributed by atoms with Crippen LogP contribution in [0.1, 0.15) is 13.8 Å². The van der Waals surface area contributed by atoms with Crippen LogP contribution in [0.15, 0.2) is 65.8 Å². The van der Waals surface area contributed by atoms with E-state index in [0.29, 0.717) is 12.0 Å². The SMILES string of the molecule is COc1cc(N2CCN(C)CC2)ccc1Nc1ncc2ccn(-c3ccc(SNC(C)C)cc3)c2n1. The second-order valence-electron chi connectivity index (χ2n) is 9.33. The number of piperazine rings is 1. The molecule has 2 aromatic heterocycles. The van der Waals surface area contributed by atoms with Crippen LogP contribution in [-0.2, 0) is 0 Å². The fraction of sp³-hybridized carbons (Fsp3) is 0.333. The van der Waals surface area contributed by atoms with Gasteiger partial charge in [0.15, 0.2) is 0 Å². The van der Waals surface area contributed by atoms with Gasteiger partial charge in [0, 0.05) is 72.3 Å². The molecule has 36 heavy (non-hydrogen) atoms. The number of hydrogen-bond donors (Lipinski definition) is 2. The molecule has 9 heteroatoms. The fourth-order valence-electron chi connectivity index (χ4n) is 4.21. The van der Waals surface area contributed by atoms with Crippen LogP contribution < -0.4 is 19.7 Å². The Kier molecular flexibility index (Phi) is 7.31. The second kappa shape index (κ2) is 10.8. The van der Waals surface area contributed by atoms with Crippen molar-refractivity contribution in [2.45, 2.75) is 24.8 Å². The zero-order valence-corrected chi connectivity index (χ0v) is 22.0. The summed E-state index contributed by atoms with van der Waals surface area (Å²) in [5.74, 6) is 1.30. The van der Waals surface area contributed by atoms with Crippen LogP contribution in [-0.4, -0.2) is 65.8 Å². The van der Waals surface area contributed by atoms with E-state index >= 15 is 0 Å². The highest BCUT2D eigenvalue weighted by atomic mass is 32.2. The first-order chi connectivity index (χ1) is 17.5. The Hall–Kier alpha value is -3.27. The van der Waals surface area contributed by atoms with Crippen LogP contribution in [0, 0.1) is 0 Å². The summed E-state index contributed by atoms with van der Waals surface area (Å²) in [6, 6.07) is 17.2. The van der Waals surface area contributed by atoms with Gasteiger partial charge in [-0.15, -0.1) is 0 Å². The van der Waals surface area contributed by atoms with Gasteiger partial charge in [-0.05, 0) is 75.3 Å². The minimum absolute atomic E-state index is 0.423. The molecule has 3 heterocycles. The summed E-state index contributed by atoms with van der Waals surface area (Å²) in [6.45, 7) is 8.42. The standard InChI is InChI=1S/C27H33N7OS/c1-19(2)31-36-23-8-5-21(6-9-23)34-12-11-20-18-28-27(30-26(20)34)29-24-10-7-22(17-25(24)35-4)33-15-13-32(3)14-16-33/h5-12,17-19,31H,13-16H2,1-4H3,(H,28,29,30). The van der Waals surface area contributed by atoms with Crippen molar-refractivity contribution in [1.29, 1.82) is 0 Å². The number of benzene rings is 2. The summed E-state index contributed by atoms with van der Waals surface area (Å²) in [5, 5.41) is 4.34. The third-order valence-corrected chi connectivity index (χ3v) is 7.35. The Morgan fingerprint density at radius 1 is 0.972 bits per heavy atom. The van der Waals surface area contributed by atoms with Gasteiger partial charge in [0.1, 0.15) is 11.4 Å². The zero-order chi connectivity index (χ0) is 25.1. The van der Waals surface area contributed by atoms with Crippen LogP contribution in [0.2, 0.25) is 0 Å². The highest BCUT2D eigenvalue weighted by Crippen LogP contribution is 2.32. The number of fused-ring (bicyclic) bond motifs is 1. The molecule has 0 bridgehead atoms. The molecule has 1 aliphatic heterocycles. The van der Waals surface area contributed by atoms with E-state index in [-0.39, 0.29) is 0 Å². The van der Waals surface area contributed by atoms with Crippen molar-refractivity contribution in [3.05, 3.63) is 60.9 Å². The largest absolute Gasteiger partial charge is 0.494 e. The van der Waals surface area contributed by atoms with Crippen LogP contribution >= 0.6 is 11.9 Å². The molecule has 188 valence electrons. The Labute approximate surface area is 216 Å². The molecule has 1 fully saturated rings. The topological polar surface area (TPSA) is 70.5 Å². The van der Waals surface area contributed by atoms with Crippen molar-refractivity contribution in [3.63, 3.8) is 0 Å². The van der Waals surface area contributed by atoms with Gasteiger partial charge in [0.25, 0.3) is 0 Å². The quantitative estimate of drug-likeness (QED) is 0.328. The van der Waals surface area contributed by atoms with Crippen LogP contribution in [0.3, 0.4) is 0 Å². The van der Waals surface area contributed by atoms with E-state index in [1.165, 1.54) is 10.6 Å². The Morgan fingerprint density at radius 2 is 1.72 bits per heavy atom. The molecule has 5 rings (SSSR count). The Bertz CT molecular complexity index is 1310. The van der Waals surface area contributed by atoms with Gasteiger partial charge in [0.05, 0.1) is 12.8 Å². The number of methoxy groups -OCH3 is 1. The van der Waals surface area contributed by atoms with Gasteiger partial charge >= 0.3 is 0 Å². The normalized spacial score (nSPS) is 14.5. The molecule has 0 amide bonds. The fourth-order valence-corrected chi connectivity index (χ4v) is 4.86. The molecule has 0 atom stereocenters. The van der Waals surface area contributed by atoms with Crippen molar-refractivity contribution < 1.29 is 4.74 Å². The first kappa shape index (κ1) is 24.4. The third kappa shape index (κ3) is 5.43. The number of nitrogens with zero attached hydrogens (tertiary/aromatic N) is 5. The zero-order valence-electron chi connectivity index (χ0n) is 21.2. The maximum atomic E-state index is 5.71. The Balaban J connectivity index is 1.36. The van der Waals surface area contributed by atoms with E-state index in [0.717, 1.165) is 54.3 Å². The summed E-state index contributed by atoms with van der Waals surface area (Å²) in [6.07, 6.45) is 3.88. The van der Waals surface area contributed by atoms with Gasteiger partial charge in [-0.25, -0.2) is 4.98 Å². The number of likely N-dealkylation sites (N-methyl/N-ethyl adjacent to an activating group) is 1. The second-order valence-corrected chi connectivity index (χ2v) is 10.2. The molecule has 0 aliphatic carbocycles. The minimum Gasteiger partial charge on any atom is -0.494 e. The molecule has 1 aliphatic rings. The van der Waals surface area contributed by atoms with Gasteiger partial charge in [0.2, 0.25) is 5.95 Å². The summed E-state index contributed by atoms with van der Waals surface area (Å²) in [4.78, 5) is 15.3. The monoisotopic (exact) mass is 503 g/mol. The molecular weight excluding hydrogens is 470 g/mol. The van der Waals surface area contributed by atoms with Crippen LogP contribution in [0.5, 0.6) is 5.75 Å². The first-order valence-electron chi connectivity index (χ1n) is 12.3. The molecule has 0 radical (unpaired) electrons. The predicted octanol–water partition coefficient (Wildman–Crippen LogP) is 4.93. The van der Waals surface area contributed by atoms with Crippen molar-refractivity contribution in [3.8, 4) is 11.4 Å². The smallest absolute Gasteiger partial charge is 0.229 e. The number of ether oxygens (including phenoxy) is 1. The molecule has 8 nitrogen and oxygen atoms in total. The van der Waals surface area contributed by atoms with E-state index in [2.05, 4.69) is 86.7 Å². The van der Waals surface area contributed by atoms with E-state index in [1.807, 2.05) is 24.5 Å². The van der Waals surface area contributed by atoms with Gasteiger partial charge in [-0.2, -0.15) is 4.98 Å². The van der Waals surface area contributed by atoms with Gasteiger partial charge in [-0.1, -0.05) is 0 Å². The lowest BCUT2D eigenvalue weighted by Gasteiger charge is -2.34. The molecule has 1 saturated heterocycles. The summed E-state index contributed by atoms with van der Waals surface area (Å²) in [7, 11) is 3.86. The summed E-state index contributed by atoms with van der Waals surface area (Å²) in [5.41, 5.74) is 3.91. The minimum atomic E-state index is 0.423. The van der Waals surface area contributed by atoms with Crippen molar-refractivity contribution >= 4 is 40.3 Å². The number of hydrogen-bond acceptors (Lipinski definition) is 8. The molecule has 0 saturated carbocycles. The van der Waals surface area contributed by atoms with Gasteiger partial charge in [-0.3, -0.25) is 4.72 Å². The molecular formula is C27H33N7OS. The highest BCUT2D eigenvalue weighted by Gasteiger charge is 2.16. The first-order valence-corrected chi connectivity index (χ1v) is 13.1. The summed E-state index contributed by atoms with van der Waals surface area (Å²) >= 11 is 1.64. The Morgan fingerprint density at radius 3 is 2.44 bits per heavy atom. The van der Waals surface area contributed by atoms with Crippen LogP contribution in [0.25, 0.3) is 16.7 Å². The van der Waals surface area contributed by atoms with E-state index in [9.17, 15) is 0 Å². The van der Waals surface area contributed by atoms with E-state index in [4.69, 9.17) is 9.72 Å². The maximum Gasteiger partial charge on any atom is 0.229 e. The number of anilines is 3. The maximum absolute atomic E-state index is 5.71. The predicted molar refractivity (Wildman–Crippen MR) is 149 cm³/mol. The van der Waals surface area contributed by atoms with Crippen molar-refractivity contribution in [1.82, 2.24) is 24.2 Å². The lowest BCUT2D eigenvalue weighted by Crippen LogP contribution is -2.44. The van der Waals surface area contributed by atoms with Crippen molar-refractivity contribution in [2.24, 2.45) is 0 Å². The lowest BCUT2D eigenvalue weighted by molar-refractivity contribution is 0.312. The lowest BCUT2D eigenvalue weighted by atomic mass is 10.2. The van der Waals surface area contributed by atoms with Crippen molar-refractivity contribution in [2.75, 3.05) is 50.6 Å². The molecule has 2 aromatic carbocycles. The highest BCUT2D eigenvalue weighted by molar-refractivity contribution is 7.97. The molecule has 2 N–H and O–H groups in total. The average Bonchev–Trinajstić information content (AvgIpc) is 3.32. The van der Waals surface area contributed by atoms with E-state index < -0.39 is 0 Å². The van der Waals surface area contributed by atoms with E-state index in [1.54, 1.807) is 19.1 Å². The van der Waals surface area contributed by atoms with Gasteiger partial charge < -0.3 is 24.4 Å². The third-order valence-electron chi connectivity index (χ3n) is 6.25. The number of aromatic nitrogens is 3. The molecule has 0 unspecified atom stereocenters. The molecule has 4 aromatic rings.